The first-order valence-electron chi connectivity index (χ1n) is 22.0. The third-order valence-corrected chi connectivity index (χ3v) is 13.6. The Hall–Kier alpha value is -7.16. The van der Waals surface area contributed by atoms with Crippen molar-refractivity contribution in [3.63, 3.8) is 0 Å². The molecule has 0 saturated carbocycles. The maximum atomic E-state index is 2.49. The fraction of sp³-hybridized carbons (Fsp3) is 0.133. The molecule has 1 aliphatic carbocycles. The zero-order valence-electron chi connectivity index (χ0n) is 35.9. The third kappa shape index (κ3) is 6.50. The van der Waals surface area contributed by atoms with E-state index < -0.39 is 0 Å². The molecule has 0 saturated heterocycles. The fourth-order valence-electron chi connectivity index (χ4n) is 10.1. The lowest BCUT2D eigenvalue weighted by Crippen LogP contribution is -2.33. The molecule has 9 aromatic carbocycles. The van der Waals surface area contributed by atoms with E-state index in [1.165, 1.54) is 95.6 Å². The number of para-hydroxylation sites is 2. The first-order chi connectivity index (χ1) is 30.2. The zero-order chi connectivity index (χ0) is 42.0. The molecule has 0 aliphatic heterocycles. The normalized spacial score (nSPS) is 14.3. The topological polar surface area (TPSA) is 8.17 Å². The maximum Gasteiger partial charge on any atom is 0.0547 e. The lowest BCUT2D eigenvalue weighted by molar-refractivity contribution is 0.332. The van der Waals surface area contributed by atoms with Crippen LogP contribution in [0.5, 0.6) is 0 Å². The van der Waals surface area contributed by atoms with E-state index in [0.29, 0.717) is 0 Å². The van der Waals surface area contributed by atoms with E-state index in [1.54, 1.807) is 0 Å². The highest BCUT2D eigenvalue weighted by Crippen LogP contribution is 2.47. The van der Waals surface area contributed by atoms with E-state index in [1.807, 2.05) is 0 Å². The van der Waals surface area contributed by atoms with Crippen LogP contribution in [0.2, 0.25) is 0 Å². The maximum absolute atomic E-state index is 2.49. The molecule has 2 nitrogen and oxygen atoms in total. The average Bonchev–Trinajstić information content (AvgIpc) is 3.65. The summed E-state index contributed by atoms with van der Waals surface area (Å²) in [6.45, 7) is 9.65. The van der Waals surface area contributed by atoms with Crippen LogP contribution in [0.1, 0.15) is 51.7 Å². The van der Waals surface area contributed by atoms with Gasteiger partial charge < -0.3 is 9.47 Å². The van der Waals surface area contributed by atoms with Gasteiger partial charge in [-0.25, -0.2) is 0 Å². The van der Waals surface area contributed by atoms with Gasteiger partial charge in [-0.15, -0.1) is 0 Å². The van der Waals surface area contributed by atoms with Gasteiger partial charge in [-0.1, -0.05) is 173 Å². The Bertz CT molecular complexity index is 3280. The van der Waals surface area contributed by atoms with Gasteiger partial charge in [0.05, 0.1) is 16.7 Å². The van der Waals surface area contributed by atoms with E-state index in [4.69, 9.17) is 0 Å². The smallest absolute Gasteiger partial charge is 0.0547 e. The van der Waals surface area contributed by atoms with Crippen molar-refractivity contribution in [3.8, 4) is 39.1 Å². The van der Waals surface area contributed by atoms with Gasteiger partial charge in [0.1, 0.15) is 0 Å². The van der Waals surface area contributed by atoms with E-state index in [-0.39, 0.29) is 10.8 Å². The first kappa shape index (κ1) is 37.8. The van der Waals surface area contributed by atoms with Crippen molar-refractivity contribution in [1.29, 1.82) is 0 Å². The summed E-state index contributed by atoms with van der Waals surface area (Å²) in [6.07, 6.45) is 2.40. The molecule has 10 aromatic rings. The van der Waals surface area contributed by atoms with Crippen LogP contribution in [0.3, 0.4) is 0 Å². The van der Waals surface area contributed by atoms with E-state index in [9.17, 15) is 0 Å². The number of aromatic nitrogens is 1. The highest BCUT2D eigenvalue weighted by atomic mass is 15.1. The predicted molar refractivity (Wildman–Crippen MR) is 265 cm³/mol. The number of nitrogens with zero attached hydrogens (tertiary/aromatic N) is 2. The van der Waals surface area contributed by atoms with Gasteiger partial charge in [-0.3, -0.25) is 0 Å². The number of hydrogen-bond acceptors (Lipinski definition) is 1. The largest absolute Gasteiger partial charge is 0.310 e. The summed E-state index contributed by atoms with van der Waals surface area (Å²) in [5.41, 5.74) is 17.6. The van der Waals surface area contributed by atoms with E-state index in [2.05, 4.69) is 243 Å². The molecule has 62 heavy (non-hydrogen) atoms. The Kier molecular flexibility index (Phi) is 9.02. The molecule has 0 bridgehead atoms. The minimum absolute atomic E-state index is 0.130. The van der Waals surface area contributed by atoms with Gasteiger partial charge in [-0.05, 0) is 134 Å². The summed E-state index contributed by atoms with van der Waals surface area (Å²) in [5.74, 6) is 0. The van der Waals surface area contributed by atoms with E-state index >= 15 is 0 Å². The summed E-state index contributed by atoms with van der Waals surface area (Å²) >= 11 is 0. The van der Waals surface area contributed by atoms with Crippen LogP contribution in [-0.2, 0) is 10.8 Å². The summed E-state index contributed by atoms with van der Waals surface area (Å²) in [6, 6.07) is 76.0. The van der Waals surface area contributed by atoms with Crippen molar-refractivity contribution in [2.75, 3.05) is 4.90 Å². The quantitative estimate of drug-likeness (QED) is 0.156. The molecule has 1 aromatic heterocycles. The predicted octanol–water partition coefficient (Wildman–Crippen LogP) is 16.8. The second kappa shape index (κ2) is 14.8. The van der Waals surface area contributed by atoms with Gasteiger partial charge in [-0.2, -0.15) is 0 Å². The van der Waals surface area contributed by atoms with E-state index in [0.717, 1.165) is 17.1 Å². The van der Waals surface area contributed by atoms with Crippen LogP contribution in [0.4, 0.5) is 17.1 Å². The average molecular weight is 799 g/mol. The number of hydrogen-bond donors (Lipinski definition) is 0. The molecule has 0 spiro atoms. The number of benzene rings is 9. The molecule has 2 heteroatoms. The van der Waals surface area contributed by atoms with Crippen LogP contribution >= 0.6 is 0 Å². The first-order valence-corrected chi connectivity index (χ1v) is 22.0. The Morgan fingerprint density at radius 2 is 0.952 bits per heavy atom. The van der Waals surface area contributed by atoms with Crippen LogP contribution in [0, 0.1) is 0 Å². The van der Waals surface area contributed by atoms with Crippen molar-refractivity contribution >= 4 is 49.6 Å². The van der Waals surface area contributed by atoms with Gasteiger partial charge in [0.25, 0.3) is 0 Å². The summed E-state index contributed by atoms with van der Waals surface area (Å²) < 4.78 is 2.49. The molecular formula is C60H50N2. The Labute approximate surface area is 365 Å². The molecule has 0 N–H and O–H groups in total. The summed E-state index contributed by atoms with van der Waals surface area (Å²) in [4.78, 5) is 2.40. The Morgan fingerprint density at radius 1 is 0.387 bits per heavy atom. The van der Waals surface area contributed by atoms with Crippen molar-refractivity contribution < 1.29 is 0 Å². The standard InChI is InChI=1S/C60H50N2/c1-59(2)35-36-60(3,4)55-40-50(32-34-54(55)59)62-57-22-14-12-20-52(57)53-33-28-47(39-58(53)62)44-23-24-46-38-49(31-27-45(46)37-44)61(48-29-25-42(26-30-48)41-15-7-5-8-16-41)56-21-13-11-19-51(56)43-17-9-6-10-18-43/h5-34,37-40H,35-36H2,1-4H3. The lowest BCUT2D eigenvalue weighted by Gasteiger charge is -2.42. The zero-order valence-corrected chi connectivity index (χ0v) is 35.9. The molecule has 0 fully saturated rings. The molecule has 0 atom stereocenters. The second-order valence-electron chi connectivity index (χ2n) is 18.5. The molecule has 1 heterocycles. The van der Waals surface area contributed by atoms with Crippen LogP contribution in [0.25, 0.3) is 71.6 Å². The van der Waals surface area contributed by atoms with Crippen molar-refractivity contribution in [2.24, 2.45) is 0 Å². The lowest BCUT2D eigenvalue weighted by atomic mass is 9.63. The minimum atomic E-state index is 0.130. The number of fused-ring (bicyclic) bond motifs is 5. The fourth-order valence-corrected chi connectivity index (χ4v) is 10.1. The molecule has 0 amide bonds. The van der Waals surface area contributed by atoms with Gasteiger partial charge in [0.2, 0.25) is 0 Å². The summed E-state index contributed by atoms with van der Waals surface area (Å²) in [7, 11) is 0. The molecule has 1 aliphatic rings. The minimum Gasteiger partial charge on any atom is -0.310 e. The monoisotopic (exact) mass is 798 g/mol. The molecule has 11 rings (SSSR count). The van der Waals surface area contributed by atoms with Crippen molar-refractivity contribution in [3.05, 3.63) is 217 Å². The second-order valence-corrected chi connectivity index (χ2v) is 18.5. The Balaban J connectivity index is 1.01. The molecule has 300 valence electrons. The number of rotatable bonds is 7. The molecule has 0 unspecified atom stereocenters. The van der Waals surface area contributed by atoms with Crippen molar-refractivity contribution in [2.45, 2.75) is 51.4 Å². The SMILES string of the molecule is CC1(C)CCC(C)(C)c2cc(-n3c4ccccc4c4ccc(-c5ccc6cc(N(c7ccc(-c8ccccc8)cc7)c7ccccc7-c7ccccc7)ccc6c5)cc43)ccc21. The van der Waals surface area contributed by atoms with Crippen LogP contribution < -0.4 is 4.90 Å². The Morgan fingerprint density at radius 3 is 1.74 bits per heavy atom. The molecular weight excluding hydrogens is 749 g/mol. The molecule has 0 radical (unpaired) electrons. The van der Waals surface area contributed by atoms with Gasteiger partial charge in [0, 0.05) is 33.4 Å². The number of anilines is 3. The van der Waals surface area contributed by atoms with Crippen LogP contribution in [-0.4, -0.2) is 4.57 Å². The highest BCUT2D eigenvalue weighted by molar-refractivity contribution is 6.10. The third-order valence-electron chi connectivity index (χ3n) is 13.6. The van der Waals surface area contributed by atoms with Gasteiger partial charge >= 0.3 is 0 Å². The van der Waals surface area contributed by atoms with Crippen LogP contribution in [0.15, 0.2) is 206 Å². The van der Waals surface area contributed by atoms with Gasteiger partial charge in [0.15, 0.2) is 0 Å². The van der Waals surface area contributed by atoms with Crippen molar-refractivity contribution in [1.82, 2.24) is 4.57 Å². The highest BCUT2D eigenvalue weighted by Gasteiger charge is 2.37. The summed E-state index contributed by atoms with van der Waals surface area (Å²) in [5, 5.41) is 4.97.